The Labute approximate surface area is 82.1 Å². The van der Waals surface area contributed by atoms with Crippen molar-refractivity contribution in [1.29, 1.82) is 0 Å². The van der Waals surface area contributed by atoms with Crippen LogP contribution in [0.25, 0.3) is 0 Å². The monoisotopic (exact) mass is 185 g/mol. The highest BCUT2D eigenvalue weighted by atomic mass is 15.5. The summed E-state index contributed by atoms with van der Waals surface area (Å²) in [4.78, 5) is 2.23. The van der Waals surface area contributed by atoms with Gasteiger partial charge in [0.15, 0.2) is 0 Å². The maximum Gasteiger partial charge on any atom is 0.0131 e. The predicted molar refractivity (Wildman–Crippen MR) is 56.6 cm³/mol. The molecule has 0 spiro atoms. The molecule has 0 aromatic heterocycles. The molecule has 1 heterocycles. The molecule has 78 valence electrons. The van der Waals surface area contributed by atoms with Gasteiger partial charge in [-0.05, 0) is 39.9 Å². The Morgan fingerprint density at radius 3 is 2.46 bits per heavy atom. The Morgan fingerprint density at radius 2 is 1.85 bits per heavy atom. The summed E-state index contributed by atoms with van der Waals surface area (Å²) in [7, 11) is 4.25. The van der Waals surface area contributed by atoms with E-state index in [2.05, 4.69) is 29.4 Å². The van der Waals surface area contributed by atoms with Crippen molar-refractivity contribution in [2.75, 3.05) is 40.3 Å². The molecule has 0 unspecified atom stereocenters. The van der Waals surface area contributed by atoms with Gasteiger partial charge in [0, 0.05) is 19.6 Å². The van der Waals surface area contributed by atoms with E-state index in [9.17, 15) is 0 Å². The molecule has 1 rings (SSSR count). The lowest BCUT2D eigenvalue weighted by atomic mass is 10.2. The second-order valence-corrected chi connectivity index (χ2v) is 4.11. The first-order chi connectivity index (χ1) is 6.29. The van der Waals surface area contributed by atoms with E-state index < -0.39 is 0 Å². The van der Waals surface area contributed by atoms with Crippen molar-refractivity contribution in [1.82, 2.24) is 15.3 Å². The normalized spacial score (nSPS) is 19.6. The molecule has 0 aromatic carbocycles. The van der Waals surface area contributed by atoms with Gasteiger partial charge in [-0.2, -0.15) is 0 Å². The third-order valence-electron chi connectivity index (χ3n) is 2.47. The summed E-state index contributed by atoms with van der Waals surface area (Å²) >= 11 is 0. The molecule has 0 aromatic rings. The fraction of sp³-hybridized carbons (Fsp3) is 1.00. The molecular weight excluding hydrogens is 162 g/mol. The van der Waals surface area contributed by atoms with E-state index in [4.69, 9.17) is 0 Å². The van der Waals surface area contributed by atoms with E-state index >= 15 is 0 Å². The number of piperidine rings is 1. The Morgan fingerprint density at radius 1 is 1.15 bits per heavy atom. The van der Waals surface area contributed by atoms with Gasteiger partial charge >= 0.3 is 0 Å². The van der Waals surface area contributed by atoms with Crippen LogP contribution < -0.4 is 5.43 Å². The van der Waals surface area contributed by atoms with Crippen molar-refractivity contribution in [3.63, 3.8) is 0 Å². The van der Waals surface area contributed by atoms with Crippen molar-refractivity contribution >= 4 is 0 Å². The van der Waals surface area contributed by atoms with Crippen LogP contribution in [0.15, 0.2) is 0 Å². The summed E-state index contributed by atoms with van der Waals surface area (Å²) in [5, 5.41) is 2.37. The van der Waals surface area contributed by atoms with E-state index in [1.807, 2.05) is 0 Å². The number of hydrazine groups is 1. The van der Waals surface area contributed by atoms with Crippen molar-refractivity contribution in [2.45, 2.75) is 25.7 Å². The summed E-state index contributed by atoms with van der Waals surface area (Å²) < 4.78 is 0. The lowest BCUT2D eigenvalue weighted by Gasteiger charge is -2.27. The summed E-state index contributed by atoms with van der Waals surface area (Å²) in [6.45, 7) is 4.78. The van der Waals surface area contributed by atoms with Crippen molar-refractivity contribution in [3.8, 4) is 0 Å². The smallest absolute Gasteiger partial charge is 0.0131 e. The van der Waals surface area contributed by atoms with Gasteiger partial charge in [0.1, 0.15) is 0 Å². The van der Waals surface area contributed by atoms with Crippen LogP contribution in [0.2, 0.25) is 0 Å². The zero-order valence-corrected chi connectivity index (χ0v) is 9.05. The van der Waals surface area contributed by atoms with E-state index in [1.54, 1.807) is 0 Å². The number of rotatable bonds is 5. The number of hydrogen-bond donors (Lipinski definition) is 1. The zero-order valence-electron chi connectivity index (χ0n) is 9.05. The van der Waals surface area contributed by atoms with Crippen LogP contribution in [-0.4, -0.2) is 50.2 Å². The lowest BCUT2D eigenvalue weighted by Crippen LogP contribution is -2.42. The van der Waals surface area contributed by atoms with Gasteiger partial charge in [-0.25, -0.2) is 5.01 Å². The third-order valence-corrected chi connectivity index (χ3v) is 2.47. The summed E-state index contributed by atoms with van der Waals surface area (Å²) in [5.41, 5.74) is 3.48. The molecule has 3 heteroatoms. The first-order valence-corrected chi connectivity index (χ1v) is 5.42. The molecule has 1 aliphatic rings. The Hall–Kier alpha value is -0.120. The quantitative estimate of drug-likeness (QED) is 0.643. The Kier molecular flexibility index (Phi) is 5.35. The van der Waals surface area contributed by atoms with Gasteiger partial charge in [0.25, 0.3) is 0 Å². The number of hydrogen-bond acceptors (Lipinski definition) is 3. The Balaban J connectivity index is 1.92. The van der Waals surface area contributed by atoms with Crippen LogP contribution in [0.3, 0.4) is 0 Å². The fourth-order valence-electron chi connectivity index (χ4n) is 1.68. The van der Waals surface area contributed by atoms with E-state index in [0.29, 0.717) is 0 Å². The topological polar surface area (TPSA) is 18.5 Å². The van der Waals surface area contributed by atoms with Crippen LogP contribution in [0.5, 0.6) is 0 Å². The molecule has 0 radical (unpaired) electrons. The van der Waals surface area contributed by atoms with Gasteiger partial charge in [-0.1, -0.05) is 6.42 Å². The summed E-state index contributed by atoms with van der Waals surface area (Å²) in [6.07, 6.45) is 5.38. The SMILES string of the molecule is CN(C)CCCNN1CCCCC1. The highest BCUT2D eigenvalue weighted by Crippen LogP contribution is 2.05. The van der Waals surface area contributed by atoms with Crippen LogP contribution >= 0.6 is 0 Å². The van der Waals surface area contributed by atoms with E-state index in [-0.39, 0.29) is 0 Å². The fourth-order valence-corrected chi connectivity index (χ4v) is 1.68. The first kappa shape index (κ1) is 11.0. The van der Waals surface area contributed by atoms with Gasteiger partial charge in [-0.15, -0.1) is 0 Å². The average Bonchev–Trinajstić information content (AvgIpc) is 2.14. The molecule has 1 N–H and O–H groups in total. The standard InChI is InChI=1S/C10H23N3/c1-12(2)8-6-7-11-13-9-4-3-5-10-13/h11H,3-10H2,1-2H3. The molecule has 3 nitrogen and oxygen atoms in total. The average molecular weight is 185 g/mol. The van der Waals surface area contributed by atoms with Crippen molar-refractivity contribution < 1.29 is 0 Å². The van der Waals surface area contributed by atoms with E-state index in [0.717, 1.165) is 6.54 Å². The van der Waals surface area contributed by atoms with Crippen molar-refractivity contribution in [2.24, 2.45) is 0 Å². The first-order valence-electron chi connectivity index (χ1n) is 5.42. The molecule has 1 fully saturated rings. The molecule has 0 saturated carbocycles. The minimum absolute atomic E-state index is 1.12. The molecule has 0 atom stereocenters. The molecule has 1 aliphatic heterocycles. The van der Waals surface area contributed by atoms with Crippen LogP contribution in [0, 0.1) is 0 Å². The molecule has 1 saturated heterocycles. The van der Waals surface area contributed by atoms with Gasteiger partial charge in [-0.3, -0.25) is 5.43 Å². The third kappa shape index (κ3) is 5.24. The number of nitrogens with one attached hydrogen (secondary N) is 1. The highest BCUT2D eigenvalue weighted by Gasteiger charge is 2.07. The second-order valence-electron chi connectivity index (χ2n) is 4.11. The van der Waals surface area contributed by atoms with Crippen LogP contribution in [0.4, 0.5) is 0 Å². The molecule has 0 aliphatic carbocycles. The van der Waals surface area contributed by atoms with E-state index in [1.165, 1.54) is 45.3 Å². The maximum atomic E-state index is 3.48. The number of nitrogens with zero attached hydrogens (tertiary/aromatic N) is 2. The van der Waals surface area contributed by atoms with Crippen LogP contribution in [-0.2, 0) is 0 Å². The minimum atomic E-state index is 1.12. The van der Waals surface area contributed by atoms with Gasteiger partial charge in [0.2, 0.25) is 0 Å². The molecular formula is C10H23N3. The largest absolute Gasteiger partial charge is 0.309 e. The minimum Gasteiger partial charge on any atom is -0.309 e. The second kappa shape index (κ2) is 6.35. The maximum absolute atomic E-state index is 3.48. The van der Waals surface area contributed by atoms with Gasteiger partial charge < -0.3 is 4.90 Å². The molecule has 0 bridgehead atoms. The summed E-state index contributed by atoms with van der Waals surface area (Å²) in [6, 6.07) is 0. The molecule has 13 heavy (non-hydrogen) atoms. The predicted octanol–water partition coefficient (Wildman–Crippen LogP) is 0.929. The van der Waals surface area contributed by atoms with Crippen LogP contribution in [0.1, 0.15) is 25.7 Å². The van der Waals surface area contributed by atoms with Gasteiger partial charge in [0.05, 0.1) is 0 Å². The lowest BCUT2D eigenvalue weighted by molar-refractivity contribution is 0.152. The van der Waals surface area contributed by atoms with Crippen molar-refractivity contribution in [3.05, 3.63) is 0 Å². The highest BCUT2D eigenvalue weighted by molar-refractivity contribution is 4.60. The molecule has 0 amide bonds. The zero-order chi connectivity index (χ0) is 9.52. The Bertz CT molecular complexity index is 119. The summed E-state index contributed by atoms with van der Waals surface area (Å²) in [5.74, 6) is 0.